The van der Waals surface area contributed by atoms with Crippen LogP contribution < -0.4 is 0 Å². The Balaban J connectivity index is 2.63. The Morgan fingerprint density at radius 2 is 2.56 bits per heavy atom. The molecule has 1 aliphatic heterocycles. The third-order valence-corrected chi connectivity index (χ3v) is 1.12. The lowest BCUT2D eigenvalue weighted by Gasteiger charge is -2.18. The highest BCUT2D eigenvalue weighted by atomic mass is 16.6. The molecule has 0 aromatic heterocycles. The summed E-state index contributed by atoms with van der Waals surface area (Å²) in [6, 6.07) is 0. The lowest BCUT2D eigenvalue weighted by molar-refractivity contribution is -0.0921. The summed E-state index contributed by atoms with van der Waals surface area (Å²) in [4.78, 5) is 0. The van der Waals surface area contributed by atoms with Gasteiger partial charge in [-0.15, -0.1) is 0 Å². The van der Waals surface area contributed by atoms with Crippen molar-refractivity contribution in [3.8, 4) is 0 Å². The van der Waals surface area contributed by atoms with Crippen LogP contribution in [0.25, 0.3) is 0 Å². The molecule has 3 nitrogen and oxygen atoms in total. The molecule has 0 aromatic carbocycles. The maximum absolute atomic E-state index is 8.96. The van der Waals surface area contributed by atoms with Crippen molar-refractivity contribution in [2.24, 2.45) is 0 Å². The highest BCUT2D eigenvalue weighted by Gasteiger charge is 2.05. The van der Waals surface area contributed by atoms with Gasteiger partial charge in [-0.2, -0.15) is 0 Å². The second-order valence-corrected chi connectivity index (χ2v) is 1.72. The van der Waals surface area contributed by atoms with Gasteiger partial charge in [0, 0.05) is 0 Å². The molecule has 0 fully saturated rings. The first-order valence-electron chi connectivity index (χ1n) is 2.72. The van der Waals surface area contributed by atoms with E-state index in [1.54, 1.807) is 6.08 Å². The van der Waals surface area contributed by atoms with E-state index >= 15 is 0 Å². The van der Waals surface area contributed by atoms with Crippen LogP contribution in [0, 0.1) is 0 Å². The molecule has 0 amide bonds. The number of ether oxygens (including phenoxy) is 1. The molecule has 50 valence electrons. The van der Waals surface area contributed by atoms with Gasteiger partial charge >= 0.3 is 0 Å². The van der Waals surface area contributed by atoms with Crippen LogP contribution in [0.1, 0.15) is 0 Å². The Labute approximate surface area is 53.8 Å². The summed E-state index contributed by atoms with van der Waals surface area (Å²) in [6.07, 6.45) is 5.37. The van der Waals surface area contributed by atoms with Gasteiger partial charge < -0.3 is 4.74 Å². The van der Waals surface area contributed by atoms with Crippen molar-refractivity contribution in [1.82, 2.24) is 5.06 Å². The molecule has 0 spiro atoms. The Kier molecular flexibility index (Phi) is 1.75. The first-order valence-corrected chi connectivity index (χ1v) is 2.72. The average Bonchev–Trinajstić information content (AvgIpc) is 1.89. The van der Waals surface area contributed by atoms with Crippen LogP contribution >= 0.6 is 0 Å². The van der Waals surface area contributed by atoms with E-state index in [0.29, 0.717) is 12.4 Å². The van der Waals surface area contributed by atoms with Crippen molar-refractivity contribution in [3.63, 3.8) is 0 Å². The molecule has 1 rings (SSSR count). The normalized spacial score (nSPS) is 17.6. The molecule has 0 radical (unpaired) electrons. The van der Waals surface area contributed by atoms with Gasteiger partial charge in [0.1, 0.15) is 0 Å². The van der Waals surface area contributed by atoms with Crippen molar-refractivity contribution < 1.29 is 9.94 Å². The molecule has 1 aliphatic rings. The van der Waals surface area contributed by atoms with E-state index in [1.165, 1.54) is 7.11 Å². The van der Waals surface area contributed by atoms with Crippen LogP contribution in [-0.4, -0.2) is 23.9 Å². The van der Waals surface area contributed by atoms with Crippen molar-refractivity contribution in [1.29, 1.82) is 0 Å². The molecule has 0 unspecified atom stereocenters. The van der Waals surface area contributed by atoms with Gasteiger partial charge in [0.25, 0.3) is 0 Å². The predicted octanol–water partition coefficient (Wildman–Crippen LogP) is 0.735. The van der Waals surface area contributed by atoms with Crippen LogP contribution in [-0.2, 0) is 4.74 Å². The smallest absolute Gasteiger partial charge is 0.213 e. The van der Waals surface area contributed by atoms with Gasteiger partial charge in [0.15, 0.2) is 0 Å². The number of hydroxylamine groups is 2. The van der Waals surface area contributed by atoms with Crippen LogP contribution in [0.2, 0.25) is 0 Å². The highest BCUT2D eigenvalue weighted by Crippen LogP contribution is 2.05. The molecule has 0 saturated heterocycles. The number of rotatable bonds is 1. The summed E-state index contributed by atoms with van der Waals surface area (Å²) < 4.78 is 4.79. The molecule has 1 heterocycles. The fraction of sp³-hybridized carbons (Fsp3) is 0.333. The molecule has 1 N–H and O–H groups in total. The van der Waals surface area contributed by atoms with Crippen LogP contribution in [0.5, 0.6) is 0 Å². The number of hydrogen-bond acceptors (Lipinski definition) is 3. The van der Waals surface area contributed by atoms with Crippen LogP contribution in [0.15, 0.2) is 24.1 Å². The topological polar surface area (TPSA) is 32.7 Å². The molecule has 0 aromatic rings. The van der Waals surface area contributed by atoms with Crippen molar-refractivity contribution in [3.05, 3.63) is 24.1 Å². The van der Waals surface area contributed by atoms with Crippen LogP contribution in [0.4, 0.5) is 0 Å². The van der Waals surface area contributed by atoms with Crippen molar-refractivity contribution >= 4 is 0 Å². The van der Waals surface area contributed by atoms with Gasteiger partial charge in [0.2, 0.25) is 5.88 Å². The SMILES string of the molecule is COC1=CC=CCN1O. The average molecular weight is 127 g/mol. The van der Waals surface area contributed by atoms with Crippen molar-refractivity contribution in [2.45, 2.75) is 0 Å². The van der Waals surface area contributed by atoms with E-state index < -0.39 is 0 Å². The molecule has 3 heteroatoms. The van der Waals surface area contributed by atoms with E-state index in [1.807, 2.05) is 12.2 Å². The summed E-state index contributed by atoms with van der Waals surface area (Å²) in [7, 11) is 1.52. The minimum Gasteiger partial charge on any atom is -0.481 e. The van der Waals surface area contributed by atoms with Gasteiger partial charge in [-0.25, -0.2) is 5.06 Å². The Bertz CT molecular complexity index is 151. The molecule has 0 bridgehead atoms. The molecular formula is C6H9NO2. The summed E-state index contributed by atoms with van der Waals surface area (Å²) in [6.45, 7) is 0.500. The third-order valence-electron chi connectivity index (χ3n) is 1.12. The molecular weight excluding hydrogens is 118 g/mol. The number of methoxy groups -OCH3 is 1. The lowest BCUT2D eigenvalue weighted by Crippen LogP contribution is -2.21. The second-order valence-electron chi connectivity index (χ2n) is 1.72. The summed E-state index contributed by atoms with van der Waals surface area (Å²) in [5, 5.41) is 10.00. The number of allylic oxidation sites excluding steroid dienone is 2. The van der Waals surface area contributed by atoms with E-state index in [0.717, 1.165) is 5.06 Å². The second kappa shape index (κ2) is 2.55. The monoisotopic (exact) mass is 127 g/mol. The molecule has 0 saturated carbocycles. The zero-order chi connectivity index (χ0) is 6.69. The van der Waals surface area contributed by atoms with Gasteiger partial charge in [0.05, 0.1) is 13.7 Å². The highest BCUT2D eigenvalue weighted by molar-refractivity contribution is 5.11. The molecule has 0 aliphatic carbocycles. The summed E-state index contributed by atoms with van der Waals surface area (Å²) >= 11 is 0. The predicted molar refractivity (Wildman–Crippen MR) is 32.7 cm³/mol. The van der Waals surface area contributed by atoms with Gasteiger partial charge in [-0.1, -0.05) is 12.2 Å². The van der Waals surface area contributed by atoms with E-state index in [4.69, 9.17) is 9.94 Å². The minimum absolute atomic E-state index is 0.484. The summed E-state index contributed by atoms with van der Waals surface area (Å²) in [5.41, 5.74) is 0. The zero-order valence-corrected chi connectivity index (χ0v) is 5.24. The molecule has 9 heavy (non-hydrogen) atoms. The van der Waals surface area contributed by atoms with Crippen LogP contribution in [0.3, 0.4) is 0 Å². The minimum atomic E-state index is 0.484. The summed E-state index contributed by atoms with van der Waals surface area (Å²) in [5.74, 6) is 0.484. The number of hydrogen-bond donors (Lipinski definition) is 1. The first-order chi connectivity index (χ1) is 4.34. The van der Waals surface area contributed by atoms with Crippen molar-refractivity contribution in [2.75, 3.05) is 13.7 Å². The third kappa shape index (κ3) is 1.23. The largest absolute Gasteiger partial charge is 0.481 e. The quantitative estimate of drug-likeness (QED) is 0.563. The first kappa shape index (κ1) is 6.16. The fourth-order valence-corrected chi connectivity index (χ4v) is 0.660. The number of nitrogens with zero attached hydrogens (tertiary/aromatic N) is 1. The maximum Gasteiger partial charge on any atom is 0.213 e. The van der Waals surface area contributed by atoms with E-state index in [9.17, 15) is 0 Å². The molecule has 0 atom stereocenters. The fourth-order valence-electron chi connectivity index (χ4n) is 0.660. The van der Waals surface area contributed by atoms with E-state index in [2.05, 4.69) is 0 Å². The standard InChI is InChI=1S/C6H9NO2/c1-9-6-4-2-3-5-7(6)8/h2-4,8H,5H2,1H3. The lowest BCUT2D eigenvalue weighted by atomic mass is 10.4. The van der Waals surface area contributed by atoms with Gasteiger partial charge in [-0.3, -0.25) is 5.21 Å². The Morgan fingerprint density at radius 3 is 3.00 bits per heavy atom. The zero-order valence-electron chi connectivity index (χ0n) is 5.24. The Hall–Kier alpha value is -0.960. The maximum atomic E-state index is 8.96. The Morgan fingerprint density at radius 1 is 1.78 bits per heavy atom. The van der Waals surface area contributed by atoms with Gasteiger partial charge in [-0.05, 0) is 6.08 Å². The van der Waals surface area contributed by atoms with E-state index in [-0.39, 0.29) is 0 Å².